The summed E-state index contributed by atoms with van der Waals surface area (Å²) in [6.45, 7) is 2.76. The van der Waals surface area contributed by atoms with Gasteiger partial charge in [0.1, 0.15) is 17.8 Å². The van der Waals surface area contributed by atoms with E-state index in [9.17, 15) is 19.5 Å². The van der Waals surface area contributed by atoms with Gasteiger partial charge in [-0.1, -0.05) is 12.1 Å². The topological polar surface area (TPSA) is 142 Å². The van der Waals surface area contributed by atoms with Crippen molar-refractivity contribution in [3.05, 3.63) is 29.8 Å². The number of carboxylic acid groups (broad SMARTS) is 1. The minimum atomic E-state index is -1.17. The first-order valence-corrected chi connectivity index (χ1v) is 7.07. The quantitative estimate of drug-likeness (QED) is 0.452. The van der Waals surface area contributed by atoms with E-state index in [2.05, 4.69) is 10.6 Å². The first-order valence-electron chi connectivity index (χ1n) is 7.07. The molecule has 6 N–H and O–H groups in total. The van der Waals surface area contributed by atoms with Crippen LogP contribution in [0, 0.1) is 0 Å². The van der Waals surface area contributed by atoms with Crippen molar-refractivity contribution in [1.82, 2.24) is 10.6 Å². The molecule has 8 heteroatoms. The van der Waals surface area contributed by atoms with Crippen LogP contribution >= 0.6 is 0 Å². The molecular weight excluding hydrogens is 302 g/mol. The van der Waals surface area contributed by atoms with Gasteiger partial charge in [0.05, 0.1) is 6.04 Å². The number of rotatable bonds is 7. The summed E-state index contributed by atoms with van der Waals surface area (Å²) < 4.78 is 0. The number of benzene rings is 1. The Morgan fingerprint density at radius 2 is 1.57 bits per heavy atom. The summed E-state index contributed by atoms with van der Waals surface area (Å²) in [6, 6.07) is 3.45. The summed E-state index contributed by atoms with van der Waals surface area (Å²) in [5, 5.41) is 22.6. The van der Waals surface area contributed by atoms with Gasteiger partial charge in [-0.25, -0.2) is 0 Å². The summed E-state index contributed by atoms with van der Waals surface area (Å²) in [5.74, 6) is -2.18. The van der Waals surface area contributed by atoms with Gasteiger partial charge in [0.15, 0.2) is 0 Å². The number of aliphatic carboxylic acids is 1. The highest BCUT2D eigenvalue weighted by molar-refractivity contribution is 5.91. The molecular formula is C15H21N3O5. The highest BCUT2D eigenvalue weighted by Crippen LogP contribution is 2.10. The lowest BCUT2D eigenvalue weighted by Crippen LogP contribution is -2.53. The van der Waals surface area contributed by atoms with Crippen molar-refractivity contribution >= 4 is 17.8 Å². The van der Waals surface area contributed by atoms with Gasteiger partial charge in [-0.3, -0.25) is 14.4 Å². The van der Waals surface area contributed by atoms with E-state index < -0.39 is 35.9 Å². The molecule has 0 aliphatic rings. The van der Waals surface area contributed by atoms with Crippen LogP contribution in [0.5, 0.6) is 5.75 Å². The zero-order valence-corrected chi connectivity index (χ0v) is 12.9. The van der Waals surface area contributed by atoms with Crippen LogP contribution in [0.1, 0.15) is 19.4 Å². The number of hydrogen-bond donors (Lipinski definition) is 5. The Morgan fingerprint density at radius 3 is 2.09 bits per heavy atom. The van der Waals surface area contributed by atoms with Crippen LogP contribution < -0.4 is 16.4 Å². The normalized spacial score (nSPS) is 14.4. The van der Waals surface area contributed by atoms with Crippen LogP contribution in [-0.2, 0) is 20.8 Å². The highest BCUT2D eigenvalue weighted by atomic mass is 16.4. The Bertz CT molecular complexity index is 573. The molecule has 0 unspecified atom stereocenters. The molecule has 0 heterocycles. The summed E-state index contributed by atoms with van der Waals surface area (Å²) in [4.78, 5) is 34.4. The van der Waals surface area contributed by atoms with E-state index in [0.717, 1.165) is 5.56 Å². The third-order valence-electron chi connectivity index (χ3n) is 3.21. The molecule has 0 aromatic heterocycles. The number of hydrogen-bond acceptors (Lipinski definition) is 5. The van der Waals surface area contributed by atoms with Gasteiger partial charge in [0, 0.05) is 0 Å². The average molecular weight is 323 g/mol. The number of aromatic hydroxyl groups is 1. The molecule has 1 aromatic rings. The molecule has 1 aromatic carbocycles. The smallest absolute Gasteiger partial charge is 0.325 e. The highest BCUT2D eigenvalue weighted by Gasteiger charge is 2.22. The summed E-state index contributed by atoms with van der Waals surface area (Å²) in [7, 11) is 0. The van der Waals surface area contributed by atoms with E-state index in [0.29, 0.717) is 0 Å². The first-order chi connectivity index (χ1) is 10.7. The molecule has 2 amide bonds. The van der Waals surface area contributed by atoms with Gasteiger partial charge in [0.25, 0.3) is 0 Å². The molecule has 1 rings (SSSR count). The van der Waals surface area contributed by atoms with Gasteiger partial charge in [-0.15, -0.1) is 0 Å². The Morgan fingerprint density at radius 1 is 1.04 bits per heavy atom. The lowest BCUT2D eigenvalue weighted by Gasteiger charge is -2.18. The second-order valence-corrected chi connectivity index (χ2v) is 5.28. The van der Waals surface area contributed by atoms with E-state index in [1.54, 1.807) is 12.1 Å². The molecule has 0 radical (unpaired) electrons. The van der Waals surface area contributed by atoms with Crippen LogP contribution in [0.25, 0.3) is 0 Å². The van der Waals surface area contributed by atoms with E-state index in [1.807, 2.05) is 0 Å². The van der Waals surface area contributed by atoms with Crippen molar-refractivity contribution in [2.24, 2.45) is 5.73 Å². The molecule has 23 heavy (non-hydrogen) atoms. The van der Waals surface area contributed by atoms with E-state index in [4.69, 9.17) is 10.8 Å². The maximum atomic E-state index is 12.0. The fraction of sp³-hybridized carbons (Fsp3) is 0.400. The Hall–Kier alpha value is -2.61. The fourth-order valence-electron chi connectivity index (χ4n) is 1.76. The number of carbonyl (C=O) groups is 3. The van der Waals surface area contributed by atoms with Gasteiger partial charge < -0.3 is 26.6 Å². The molecule has 0 saturated carbocycles. The van der Waals surface area contributed by atoms with Gasteiger partial charge in [-0.2, -0.15) is 0 Å². The summed E-state index contributed by atoms with van der Waals surface area (Å²) >= 11 is 0. The average Bonchev–Trinajstić information content (AvgIpc) is 2.49. The third-order valence-corrected chi connectivity index (χ3v) is 3.21. The Kier molecular flexibility index (Phi) is 6.52. The Labute approximate surface area is 133 Å². The second kappa shape index (κ2) is 8.14. The molecule has 0 bridgehead atoms. The third kappa shape index (κ3) is 5.95. The van der Waals surface area contributed by atoms with Crippen molar-refractivity contribution in [3.8, 4) is 5.75 Å². The molecule has 0 spiro atoms. The van der Waals surface area contributed by atoms with Gasteiger partial charge in [-0.05, 0) is 38.0 Å². The fourth-order valence-corrected chi connectivity index (χ4v) is 1.76. The number of nitrogens with one attached hydrogen (secondary N) is 2. The second-order valence-electron chi connectivity index (χ2n) is 5.28. The SMILES string of the molecule is C[C@H](NC(=O)[C@H](C)NC(=O)[C@@H](N)Cc1ccc(O)cc1)C(=O)O. The van der Waals surface area contributed by atoms with Crippen LogP contribution in [0.4, 0.5) is 0 Å². The number of phenolic OH excluding ortho intramolecular Hbond substituents is 1. The predicted molar refractivity (Wildman–Crippen MR) is 82.6 cm³/mol. The molecule has 8 nitrogen and oxygen atoms in total. The lowest BCUT2D eigenvalue weighted by atomic mass is 10.1. The predicted octanol–water partition coefficient (Wildman–Crippen LogP) is -0.644. The minimum Gasteiger partial charge on any atom is -0.508 e. The zero-order chi connectivity index (χ0) is 17.6. The molecule has 0 fully saturated rings. The largest absolute Gasteiger partial charge is 0.508 e. The number of carbonyl (C=O) groups excluding carboxylic acids is 2. The van der Waals surface area contributed by atoms with Crippen molar-refractivity contribution < 1.29 is 24.6 Å². The number of phenols is 1. The molecule has 0 saturated heterocycles. The minimum absolute atomic E-state index is 0.115. The van der Waals surface area contributed by atoms with Crippen LogP contribution in [-0.4, -0.2) is 46.1 Å². The van der Waals surface area contributed by atoms with Crippen molar-refractivity contribution in [2.45, 2.75) is 38.4 Å². The van der Waals surface area contributed by atoms with Crippen LogP contribution in [0.2, 0.25) is 0 Å². The van der Waals surface area contributed by atoms with Crippen LogP contribution in [0.3, 0.4) is 0 Å². The molecule has 126 valence electrons. The van der Waals surface area contributed by atoms with E-state index >= 15 is 0 Å². The number of amides is 2. The lowest BCUT2D eigenvalue weighted by molar-refractivity contribution is -0.141. The maximum Gasteiger partial charge on any atom is 0.325 e. The summed E-state index contributed by atoms with van der Waals surface area (Å²) in [5.41, 5.74) is 6.55. The summed E-state index contributed by atoms with van der Waals surface area (Å²) in [6.07, 6.45) is 0.242. The van der Waals surface area contributed by atoms with Gasteiger partial charge >= 0.3 is 5.97 Å². The van der Waals surface area contributed by atoms with Crippen molar-refractivity contribution in [3.63, 3.8) is 0 Å². The molecule has 0 aliphatic heterocycles. The zero-order valence-electron chi connectivity index (χ0n) is 12.9. The van der Waals surface area contributed by atoms with E-state index in [1.165, 1.54) is 26.0 Å². The molecule has 3 atom stereocenters. The maximum absolute atomic E-state index is 12.0. The standard InChI is InChI=1S/C15H21N3O5/c1-8(13(20)18-9(2)15(22)23)17-14(21)12(16)7-10-3-5-11(19)6-4-10/h3-6,8-9,12,19H,7,16H2,1-2H3,(H,17,21)(H,18,20)(H,22,23)/t8-,9-,12-/m0/s1. The van der Waals surface area contributed by atoms with Gasteiger partial charge in [0.2, 0.25) is 11.8 Å². The monoisotopic (exact) mass is 323 g/mol. The van der Waals surface area contributed by atoms with E-state index in [-0.39, 0.29) is 12.2 Å². The van der Waals surface area contributed by atoms with Crippen molar-refractivity contribution in [2.75, 3.05) is 0 Å². The van der Waals surface area contributed by atoms with Crippen molar-refractivity contribution in [1.29, 1.82) is 0 Å². The Balaban J connectivity index is 2.51. The first kappa shape index (κ1) is 18.4. The van der Waals surface area contributed by atoms with Crippen LogP contribution in [0.15, 0.2) is 24.3 Å². The molecule has 0 aliphatic carbocycles. The number of nitrogens with two attached hydrogens (primary N) is 1. The number of carboxylic acids is 1.